The molecule has 2 bridgehead atoms. The van der Waals surface area contributed by atoms with Gasteiger partial charge in [0.2, 0.25) is 0 Å². The molecule has 72 valence electrons. The van der Waals surface area contributed by atoms with E-state index in [4.69, 9.17) is 0 Å². The Balaban J connectivity index is 1.98. The second kappa shape index (κ2) is 2.40. The molecule has 13 heavy (non-hydrogen) atoms. The van der Waals surface area contributed by atoms with Crippen LogP contribution in [0, 0.1) is 29.1 Å². The molecular weight excluding hydrogens is 156 g/mol. The van der Waals surface area contributed by atoms with E-state index >= 15 is 0 Å². The maximum atomic E-state index is 2.52. The molecule has 0 saturated heterocycles. The molecule has 0 amide bonds. The van der Waals surface area contributed by atoms with Gasteiger partial charge in [-0.25, -0.2) is 0 Å². The lowest BCUT2D eigenvalue weighted by atomic mass is 9.73. The summed E-state index contributed by atoms with van der Waals surface area (Å²) in [7, 11) is 0. The number of hydrogen-bond donors (Lipinski definition) is 0. The van der Waals surface area contributed by atoms with Crippen molar-refractivity contribution >= 4 is 0 Å². The first kappa shape index (κ1) is 8.08. The van der Waals surface area contributed by atoms with E-state index in [1.807, 2.05) is 0 Å². The molecule has 0 nitrogen and oxygen atoms in total. The van der Waals surface area contributed by atoms with Gasteiger partial charge in [0.15, 0.2) is 0 Å². The molecule has 0 radical (unpaired) electrons. The van der Waals surface area contributed by atoms with E-state index in [0.717, 1.165) is 23.7 Å². The molecule has 4 unspecified atom stereocenters. The van der Waals surface area contributed by atoms with Crippen LogP contribution in [0.3, 0.4) is 0 Å². The lowest BCUT2D eigenvalue weighted by molar-refractivity contribution is 0.221. The Kier molecular flexibility index (Phi) is 1.49. The Morgan fingerprint density at radius 3 is 1.85 bits per heavy atom. The van der Waals surface area contributed by atoms with Crippen LogP contribution in [-0.2, 0) is 0 Å². The van der Waals surface area contributed by atoms with Crippen molar-refractivity contribution in [3.63, 3.8) is 0 Å². The van der Waals surface area contributed by atoms with Crippen molar-refractivity contribution in [2.75, 3.05) is 0 Å². The summed E-state index contributed by atoms with van der Waals surface area (Å²) in [6.07, 6.45) is 11.1. The van der Waals surface area contributed by atoms with Crippen molar-refractivity contribution in [3.05, 3.63) is 12.2 Å². The summed E-state index contributed by atoms with van der Waals surface area (Å²) in [5.41, 5.74) is 0.597. The first-order valence-corrected chi connectivity index (χ1v) is 5.89. The minimum absolute atomic E-state index is 0.597. The van der Waals surface area contributed by atoms with Crippen LogP contribution in [0.25, 0.3) is 0 Å². The Morgan fingerprint density at radius 1 is 0.923 bits per heavy atom. The fourth-order valence-electron chi connectivity index (χ4n) is 4.43. The zero-order valence-electron chi connectivity index (χ0n) is 8.79. The van der Waals surface area contributed by atoms with Crippen molar-refractivity contribution in [3.8, 4) is 0 Å². The summed E-state index contributed by atoms with van der Waals surface area (Å²) < 4.78 is 0. The van der Waals surface area contributed by atoms with Crippen LogP contribution in [0.4, 0.5) is 0 Å². The van der Waals surface area contributed by atoms with Crippen molar-refractivity contribution < 1.29 is 0 Å². The molecule has 4 atom stereocenters. The Labute approximate surface area is 81.4 Å². The fraction of sp³-hybridized carbons (Fsp3) is 0.846. The first-order valence-electron chi connectivity index (χ1n) is 5.89. The van der Waals surface area contributed by atoms with E-state index in [-0.39, 0.29) is 0 Å². The van der Waals surface area contributed by atoms with Gasteiger partial charge in [0.25, 0.3) is 0 Å². The molecule has 0 aliphatic heterocycles. The van der Waals surface area contributed by atoms with Gasteiger partial charge in [-0.05, 0) is 41.9 Å². The molecule has 0 heteroatoms. The van der Waals surface area contributed by atoms with Crippen LogP contribution in [0.15, 0.2) is 12.2 Å². The van der Waals surface area contributed by atoms with Gasteiger partial charge in [0.05, 0.1) is 0 Å². The zero-order valence-corrected chi connectivity index (χ0v) is 8.79. The van der Waals surface area contributed by atoms with E-state index in [1.54, 1.807) is 0 Å². The number of fused-ring (bicyclic) bond motifs is 5. The summed E-state index contributed by atoms with van der Waals surface area (Å²) in [4.78, 5) is 0. The third-order valence-electron chi connectivity index (χ3n) is 5.04. The van der Waals surface area contributed by atoms with Gasteiger partial charge in [-0.1, -0.05) is 38.8 Å². The minimum Gasteiger partial charge on any atom is -0.0843 e. The standard InChI is InChI=1S/C13H20/c1-13(2)11-7-8-12(13)10-6-4-3-5-9(10)11/h7-12H,3-6H2,1-2H3. The fourth-order valence-corrected chi connectivity index (χ4v) is 4.43. The van der Waals surface area contributed by atoms with Crippen molar-refractivity contribution in [1.82, 2.24) is 0 Å². The molecule has 0 aromatic rings. The van der Waals surface area contributed by atoms with Gasteiger partial charge in [-0.15, -0.1) is 0 Å². The predicted molar refractivity (Wildman–Crippen MR) is 55.3 cm³/mol. The van der Waals surface area contributed by atoms with Gasteiger partial charge in [-0.3, -0.25) is 0 Å². The van der Waals surface area contributed by atoms with Crippen LogP contribution in [0.1, 0.15) is 39.5 Å². The van der Waals surface area contributed by atoms with Gasteiger partial charge < -0.3 is 0 Å². The monoisotopic (exact) mass is 176 g/mol. The highest BCUT2D eigenvalue weighted by Gasteiger charge is 2.55. The summed E-state index contributed by atoms with van der Waals surface area (Å²) in [5, 5.41) is 0. The SMILES string of the molecule is CC1(C)C2C=CC1C1CCCCC12. The van der Waals surface area contributed by atoms with E-state index < -0.39 is 0 Å². The summed E-state index contributed by atoms with van der Waals surface area (Å²) >= 11 is 0. The van der Waals surface area contributed by atoms with Crippen LogP contribution in [0.2, 0.25) is 0 Å². The van der Waals surface area contributed by atoms with Gasteiger partial charge in [0.1, 0.15) is 0 Å². The lowest BCUT2D eigenvalue weighted by Crippen LogP contribution is -2.22. The average Bonchev–Trinajstić information content (AvgIpc) is 2.54. The number of hydrogen-bond acceptors (Lipinski definition) is 0. The minimum atomic E-state index is 0.597. The molecule has 2 fully saturated rings. The van der Waals surface area contributed by atoms with Gasteiger partial charge >= 0.3 is 0 Å². The topological polar surface area (TPSA) is 0 Å². The van der Waals surface area contributed by atoms with Crippen molar-refractivity contribution in [2.24, 2.45) is 29.1 Å². The molecule has 3 rings (SSSR count). The smallest absolute Gasteiger partial charge is 0.0145 e. The lowest BCUT2D eigenvalue weighted by Gasteiger charge is -2.32. The van der Waals surface area contributed by atoms with E-state index in [1.165, 1.54) is 25.7 Å². The normalized spacial score (nSPS) is 50.9. The number of rotatable bonds is 0. The maximum Gasteiger partial charge on any atom is -0.0145 e. The molecule has 3 aliphatic rings. The highest BCUT2D eigenvalue weighted by Crippen LogP contribution is 2.63. The van der Waals surface area contributed by atoms with Crippen molar-refractivity contribution in [1.29, 1.82) is 0 Å². The summed E-state index contributed by atoms with van der Waals surface area (Å²) in [5.74, 6) is 3.95. The largest absolute Gasteiger partial charge is 0.0843 e. The van der Waals surface area contributed by atoms with Crippen molar-refractivity contribution in [2.45, 2.75) is 39.5 Å². The number of allylic oxidation sites excluding steroid dienone is 2. The van der Waals surface area contributed by atoms with Gasteiger partial charge in [-0.2, -0.15) is 0 Å². The Bertz CT molecular complexity index is 225. The first-order chi connectivity index (χ1) is 6.21. The van der Waals surface area contributed by atoms with Crippen LogP contribution >= 0.6 is 0 Å². The Hall–Kier alpha value is -0.260. The molecule has 0 N–H and O–H groups in total. The Morgan fingerprint density at radius 2 is 1.38 bits per heavy atom. The highest BCUT2D eigenvalue weighted by atomic mass is 14.6. The van der Waals surface area contributed by atoms with E-state index in [0.29, 0.717) is 5.41 Å². The quantitative estimate of drug-likeness (QED) is 0.494. The average molecular weight is 176 g/mol. The molecule has 0 aromatic carbocycles. The van der Waals surface area contributed by atoms with Gasteiger partial charge in [0, 0.05) is 0 Å². The predicted octanol–water partition coefficient (Wildman–Crippen LogP) is 3.63. The third-order valence-corrected chi connectivity index (χ3v) is 5.04. The third kappa shape index (κ3) is 0.872. The molecule has 3 aliphatic carbocycles. The molecule has 0 aromatic heterocycles. The van der Waals surface area contributed by atoms with Crippen LogP contribution in [0.5, 0.6) is 0 Å². The van der Waals surface area contributed by atoms with E-state index in [2.05, 4.69) is 26.0 Å². The molecule has 2 saturated carbocycles. The van der Waals surface area contributed by atoms with Crippen LogP contribution < -0.4 is 0 Å². The second-order valence-electron chi connectivity index (χ2n) is 5.87. The summed E-state index contributed by atoms with van der Waals surface area (Å²) in [6, 6.07) is 0. The van der Waals surface area contributed by atoms with Crippen LogP contribution in [-0.4, -0.2) is 0 Å². The molecular formula is C13H20. The van der Waals surface area contributed by atoms with E-state index in [9.17, 15) is 0 Å². The second-order valence-corrected chi connectivity index (χ2v) is 5.87. The highest BCUT2D eigenvalue weighted by molar-refractivity contribution is 5.21. The molecule has 0 spiro atoms. The molecule has 0 heterocycles. The maximum absolute atomic E-state index is 2.52. The summed E-state index contributed by atoms with van der Waals surface area (Å²) in [6.45, 7) is 4.97. The zero-order chi connectivity index (χ0) is 9.05.